The smallest absolute Gasteiger partial charge is 0.146 e. The van der Waals surface area contributed by atoms with Gasteiger partial charge < -0.3 is 8.97 Å². The average Bonchev–Trinajstić information content (AvgIpc) is 4.08. The maximum atomic E-state index is 5.80. The lowest BCUT2D eigenvalue weighted by molar-refractivity contribution is 1.18. The van der Waals surface area contributed by atoms with Gasteiger partial charge in [-0.1, -0.05) is 127 Å². The lowest BCUT2D eigenvalue weighted by Crippen LogP contribution is -1.93. The molecular weight excluding hydrogens is 717 g/mol. The summed E-state index contributed by atoms with van der Waals surface area (Å²) in [4.78, 5) is 5.80. The molecule has 6 heterocycles. The van der Waals surface area contributed by atoms with E-state index in [1.807, 2.05) is 0 Å². The van der Waals surface area contributed by atoms with Crippen LogP contribution in [0, 0.1) is 0 Å². The Labute approximate surface area is 335 Å². The van der Waals surface area contributed by atoms with Gasteiger partial charge in [-0.2, -0.15) is 0 Å². The van der Waals surface area contributed by atoms with E-state index in [2.05, 4.69) is 195 Å². The number of aromatic nitrogens is 4. The normalized spacial score (nSPS) is 12.7. The van der Waals surface area contributed by atoms with Crippen LogP contribution in [0.3, 0.4) is 0 Å². The lowest BCUT2D eigenvalue weighted by atomic mass is 9.95. The molecular formula is C55H30N4. The Morgan fingerprint density at radius 1 is 0.339 bits per heavy atom. The van der Waals surface area contributed by atoms with Gasteiger partial charge in [0.15, 0.2) is 0 Å². The molecule has 0 saturated heterocycles. The number of hydrogen-bond donors (Lipinski definition) is 0. The number of para-hydroxylation sites is 4. The molecule has 0 unspecified atom stereocenters. The van der Waals surface area contributed by atoms with Gasteiger partial charge in [-0.3, -0.25) is 4.40 Å². The van der Waals surface area contributed by atoms with E-state index in [0.717, 1.165) is 22.4 Å². The van der Waals surface area contributed by atoms with E-state index < -0.39 is 0 Å². The predicted octanol–water partition coefficient (Wildman–Crippen LogP) is 14.5. The molecule has 15 aromatic rings. The van der Waals surface area contributed by atoms with Crippen LogP contribution in [0.4, 0.5) is 0 Å². The van der Waals surface area contributed by atoms with Gasteiger partial charge >= 0.3 is 0 Å². The van der Waals surface area contributed by atoms with Crippen molar-refractivity contribution in [3.8, 4) is 16.8 Å². The number of hydrogen-bond acceptors (Lipinski definition) is 1. The maximum Gasteiger partial charge on any atom is 0.146 e. The molecule has 59 heavy (non-hydrogen) atoms. The van der Waals surface area contributed by atoms with Crippen LogP contribution in [-0.4, -0.2) is 18.4 Å². The third kappa shape index (κ3) is 3.60. The second-order valence-electron chi connectivity index (χ2n) is 16.3. The Morgan fingerprint density at radius 2 is 0.983 bits per heavy atom. The molecule has 0 aliphatic carbocycles. The van der Waals surface area contributed by atoms with Crippen molar-refractivity contribution in [1.29, 1.82) is 0 Å². The maximum absolute atomic E-state index is 5.80. The molecule has 0 atom stereocenters. The second kappa shape index (κ2) is 10.5. The minimum Gasteiger partial charge on any atom is -0.309 e. The Hall–Kier alpha value is -7.95. The van der Waals surface area contributed by atoms with Crippen molar-refractivity contribution in [2.45, 2.75) is 0 Å². The molecule has 0 N–H and O–H groups in total. The molecule has 4 nitrogen and oxygen atoms in total. The highest BCUT2D eigenvalue weighted by Gasteiger charge is 2.26. The first-order chi connectivity index (χ1) is 29.3. The van der Waals surface area contributed by atoms with Crippen LogP contribution in [-0.2, 0) is 0 Å². The summed E-state index contributed by atoms with van der Waals surface area (Å²) in [5.41, 5.74) is 14.1. The van der Waals surface area contributed by atoms with Crippen LogP contribution in [0.5, 0.6) is 0 Å². The SMILES string of the molecule is c1ccc(-n2c3ccccc3c3cc(-c4cc5ccccc5c5c6cccc7c8cc9c(nc8n(c45)c76)c4cc5ccccc5c5c6ccccc6n9c45)ccc32)cc1. The zero-order valence-corrected chi connectivity index (χ0v) is 31.6. The Bertz CT molecular complexity index is 4300. The third-order valence-corrected chi connectivity index (χ3v) is 13.4. The van der Waals surface area contributed by atoms with E-state index in [-0.39, 0.29) is 0 Å². The summed E-state index contributed by atoms with van der Waals surface area (Å²) in [5.74, 6) is 0. The molecule has 0 bridgehead atoms. The molecule has 0 spiro atoms. The fourth-order valence-corrected chi connectivity index (χ4v) is 11.1. The molecule has 0 saturated carbocycles. The van der Waals surface area contributed by atoms with Crippen LogP contribution in [0.1, 0.15) is 0 Å². The molecule has 4 heteroatoms. The summed E-state index contributed by atoms with van der Waals surface area (Å²) in [6, 6.07) is 67.2. The van der Waals surface area contributed by atoms with Crippen molar-refractivity contribution in [2.75, 3.05) is 0 Å². The first-order valence-corrected chi connectivity index (χ1v) is 20.4. The monoisotopic (exact) mass is 746 g/mol. The number of benzene rings is 9. The van der Waals surface area contributed by atoms with Crippen molar-refractivity contribution in [3.63, 3.8) is 0 Å². The molecule has 0 aliphatic heterocycles. The van der Waals surface area contributed by atoms with E-state index in [4.69, 9.17) is 4.98 Å². The van der Waals surface area contributed by atoms with Gasteiger partial charge in [0.1, 0.15) is 5.65 Å². The lowest BCUT2D eigenvalue weighted by Gasteiger charge is -2.11. The highest BCUT2D eigenvalue weighted by atomic mass is 15.0. The number of rotatable bonds is 2. The molecule has 9 aromatic carbocycles. The summed E-state index contributed by atoms with van der Waals surface area (Å²) >= 11 is 0. The fourth-order valence-electron chi connectivity index (χ4n) is 11.1. The Morgan fingerprint density at radius 3 is 1.81 bits per heavy atom. The molecule has 0 amide bonds. The Kier molecular flexibility index (Phi) is 5.38. The minimum absolute atomic E-state index is 1.000. The van der Waals surface area contributed by atoms with Gasteiger partial charge in [0.25, 0.3) is 0 Å². The van der Waals surface area contributed by atoms with Crippen molar-refractivity contribution >= 4 is 120 Å². The molecule has 15 rings (SSSR count). The van der Waals surface area contributed by atoms with Crippen LogP contribution < -0.4 is 0 Å². The van der Waals surface area contributed by atoms with Gasteiger partial charge in [-0.15, -0.1) is 0 Å². The summed E-state index contributed by atoms with van der Waals surface area (Å²) < 4.78 is 7.37. The largest absolute Gasteiger partial charge is 0.309 e. The fraction of sp³-hybridized carbons (Fsp3) is 0. The molecule has 0 fully saturated rings. The van der Waals surface area contributed by atoms with E-state index >= 15 is 0 Å². The van der Waals surface area contributed by atoms with E-state index in [9.17, 15) is 0 Å². The molecule has 0 radical (unpaired) electrons. The predicted molar refractivity (Wildman–Crippen MR) is 248 cm³/mol. The Balaban J connectivity index is 1.12. The zero-order chi connectivity index (χ0) is 38.1. The highest BCUT2D eigenvalue weighted by molar-refractivity contribution is 6.34. The van der Waals surface area contributed by atoms with E-state index in [1.165, 1.54) is 114 Å². The topological polar surface area (TPSA) is 26.6 Å². The van der Waals surface area contributed by atoms with Gasteiger partial charge in [0, 0.05) is 59.7 Å². The third-order valence-electron chi connectivity index (χ3n) is 13.4. The van der Waals surface area contributed by atoms with E-state index in [0.29, 0.717) is 0 Å². The zero-order valence-electron chi connectivity index (χ0n) is 31.6. The highest BCUT2D eigenvalue weighted by Crippen LogP contribution is 2.48. The summed E-state index contributed by atoms with van der Waals surface area (Å²) in [6.45, 7) is 0. The summed E-state index contributed by atoms with van der Waals surface area (Å²) in [5, 5.41) is 16.2. The van der Waals surface area contributed by atoms with Gasteiger partial charge in [-0.25, -0.2) is 4.98 Å². The summed E-state index contributed by atoms with van der Waals surface area (Å²) in [7, 11) is 0. The van der Waals surface area contributed by atoms with Gasteiger partial charge in [0.05, 0.1) is 44.1 Å². The minimum atomic E-state index is 1.000. The first-order valence-electron chi connectivity index (χ1n) is 20.4. The van der Waals surface area contributed by atoms with Crippen molar-refractivity contribution in [2.24, 2.45) is 0 Å². The van der Waals surface area contributed by atoms with Gasteiger partial charge in [-0.05, 0) is 81.7 Å². The van der Waals surface area contributed by atoms with Gasteiger partial charge in [0.2, 0.25) is 0 Å². The number of nitrogens with zero attached hydrogens (tertiary/aromatic N) is 4. The van der Waals surface area contributed by atoms with Crippen molar-refractivity contribution in [3.05, 3.63) is 182 Å². The number of pyridine rings is 1. The van der Waals surface area contributed by atoms with E-state index in [1.54, 1.807) is 0 Å². The molecule has 0 aliphatic rings. The first kappa shape index (κ1) is 30.2. The van der Waals surface area contributed by atoms with Crippen LogP contribution in [0.2, 0.25) is 0 Å². The van der Waals surface area contributed by atoms with Crippen LogP contribution in [0.25, 0.3) is 137 Å². The second-order valence-corrected chi connectivity index (χ2v) is 16.3. The molecule has 270 valence electrons. The van der Waals surface area contributed by atoms with Crippen LogP contribution >= 0.6 is 0 Å². The molecule has 6 aromatic heterocycles. The van der Waals surface area contributed by atoms with Crippen molar-refractivity contribution in [1.82, 2.24) is 18.4 Å². The summed E-state index contributed by atoms with van der Waals surface area (Å²) in [6.07, 6.45) is 0. The number of fused-ring (bicyclic) bond motifs is 19. The van der Waals surface area contributed by atoms with Crippen molar-refractivity contribution < 1.29 is 0 Å². The van der Waals surface area contributed by atoms with Crippen LogP contribution in [0.15, 0.2) is 182 Å². The quantitative estimate of drug-likeness (QED) is 0.173. The standard InChI is InChI=1S/C55H30N4/c1-2-15-34(16-3-1)57-45-23-10-8-19-37(45)42-28-33(25-26-47(42)57)41-27-31-13-4-7-18-36(31)50-40-22-12-21-38-43-30-48-51(56-55(43)59(52(38)40)53(41)50)44-29-32-14-5-6-17-35(32)49-39-20-9-11-24-46(39)58(48)54(44)49/h1-30H. The average molecular weight is 747 g/mol.